The lowest BCUT2D eigenvalue weighted by Gasteiger charge is -2.43. The number of rotatable bonds is 1. The Morgan fingerprint density at radius 1 is 1.36 bits per heavy atom. The molecule has 0 aliphatic heterocycles. The van der Waals surface area contributed by atoms with Crippen molar-refractivity contribution in [3.63, 3.8) is 0 Å². The van der Waals surface area contributed by atoms with Crippen LogP contribution in [-0.2, 0) is 0 Å². The van der Waals surface area contributed by atoms with Crippen molar-refractivity contribution in [3.8, 4) is 0 Å². The van der Waals surface area contributed by atoms with Crippen LogP contribution in [0.4, 0.5) is 13.2 Å². The second-order valence-electron chi connectivity index (χ2n) is 2.99. The zero-order valence-electron chi connectivity index (χ0n) is 5.73. The summed E-state index contributed by atoms with van der Waals surface area (Å²) in [6.45, 7) is -0.279. The van der Waals surface area contributed by atoms with Gasteiger partial charge in [0.25, 0.3) is 0 Å². The molecule has 0 heterocycles. The Bertz CT molecular complexity index is 148. The molecule has 1 aliphatic rings. The minimum absolute atomic E-state index is 0.279. The number of aliphatic hydroxyl groups excluding tert-OH is 1. The van der Waals surface area contributed by atoms with E-state index >= 15 is 0 Å². The highest BCUT2D eigenvalue weighted by atomic mass is 19.4. The van der Waals surface area contributed by atoms with Gasteiger partial charge in [0.1, 0.15) is 0 Å². The summed E-state index contributed by atoms with van der Waals surface area (Å²) in [5, 5.41) is 17.2. The fourth-order valence-corrected chi connectivity index (χ4v) is 1.26. The van der Waals surface area contributed by atoms with E-state index in [9.17, 15) is 13.2 Å². The number of hydrogen-bond donors (Lipinski definition) is 2. The molecule has 5 heteroatoms. The molecule has 1 saturated carbocycles. The molecular formula is C6H9F3O2. The van der Waals surface area contributed by atoms with E-state index in [1.165, 1.54) is 0 Å². The third-order valence-electron chi connectivity index (χ3n) is 2.04. The average Bonchev–Trinajstić information content (AvgIpc) is 1.78. The fourth-order valence-electron chi connectivity index (χ4n) is 1.26. The van der Waals surface area contributed by atoms with E-state index in [1.807, 2.05) is 0 Å². The molecule has 2 nitrogen and oxygen atoms in total. The number of halogens is 3. The van der Waals surface area contributed by atoms with Crippen molar-refractivity contribution in [3.05, 3.63) is 0 Å². The third-order valence-corrected chi connectivity index (χ3v) is 2.04. The van der Waals surface area contributed by atoms with Gasteiger partial charge in [0.2, 0.25) is 0 Å². The molecule has 66 valence electrons. The van der Waals surface area contributed by atoms with E-state index in [-0.39, 0.29) is 25.4 Å². The molecule has 0 amide bonds. The Labute approximate surface area is 61.6 Å². The SMILES string of the molecule is OCC1CC(O)(C(F)(F)F)C1. The Morgan fingerprint density at radius 3 is 2.09 bits per heavy atom. The highest BCUT2D eigenvalue weighted by Crippen LogP contribution is 2.48. The van der Waals surface area contributed by atoms with E-state index in [0.717, 1.165) is 0 Å². The van der Waals surface area contributed by atoms with Gasteiger partial charge in [0.15, 0.2) is 5.60 Å². The summed E-state index contributed by atoms with van der Waals surface area (Å²) in [4.78, 5) is 0. The molecule has 0 saturated heterocycles. The van der Waals surface area contributed by atoms with Crippen LogP contribution >= 0.6 is 0 Å². The minimum atomic E-state index is -4.54. The van der Waals surface area contributed by atoms with Gasteiger partial charge in [0, 0.05) is 6.61 Å². The van der Waals surface area contributed by atoms with Crippen molar-refractivity contribution in [2.75, 3.05) is 6.61 Å². The molecule has 0 aromatic rings. The van der Waals surface area contributed by atoms with E-state index in [0.29, 0.717) is 0 Å². The fraction of sp³-hybridized carbons (Fsp3) is 1.00. The quantitative estimate of drug-likeness (QED) is 0.607. The molecule has 1 rings (SSSR count). The molecule has 11 heavy (non-hydrogen) atoms. The van der Waals surface area contributed by atoms with Crippen molar-refractivity contribution in [1.82, 2.24) is 0 Å². The maximum atomic E-state index is 11.9. The molecule has 0 radical (unpaired) electrons. The van der Waals surface area contributed by atoms with Gasteiger partial charge in [-0.05, 0) is 18.8 Å². The van der Waals surface area contributed by atoms with Crippen molar-refractivity contribution in [2.45, 2.75) is 24.6 Å². The van der Waals surface area contributed by atoms with E-state index < -0.39 is 11.8 Å². The maximum Gasteiger partial charge on any atom is 0.417 e. The van der Waals surface area contributed by atoms with Gasteiger partial charge < -0.3 is 10.2 Å². The Kier molecular flexibility index (Phi) is 1.88. The first-order chi connectivity index (χ1) is 4.89. The van der Waals surface area contributed by atoms with Crippen LogP contribution in [0.25, 0.3) is 0 Å². The lowest BCUT2D eigenvalue weighted by atomic mass is 9.71. The van der Waals surface area contributed by atoms with Gasteiger partial charge in [-0.25, -0.2) is 0 Å². The van der Waals surface area contributed by atoms with Gasteiger partial charge in [-0.2, -0.15) is 13.2 Å². The second-order valence-corrected chi connectivity index (χ2v) is 2.99. The van der Waals surface area contributed by atoms with Crippen LogP contribution < -0.4 is 0 Å². The van der Waals surface area contributed by atoms with Crippen LogP contribution in [0, 0.1) is 5.92 Å². The van der Waals surface area contributed by atoms with E-state index in [4.69, 9.17) is 10.2 Å². The van der Waals surface area contributed by atoms with Crippen molar-refractivity contribution < 1.29 is 23.4 Å². The normalized spacial score (nSPS) is 38.5. The molecule has 2 N–H and O–H groups in total. The van der Waals surface area contributed by atoms with Crippen molar-refractivity contribution in [2.24, 2.45) is 5.92 Å². The van der Waals surface area contributed by atoms with Gasteiger partial charge >= 0.3 is 6.18 Å². The topological polar surface area (TPSA) is 40.5 Å². The number of hydrogen-bond acceptors (Lipinski definition) is 2. The van der Waals surface area contributed by atoms with Gasteiger partial charge in [-0.15, -0.1) is 0 Å². The third kappa shape index (κ3) is 1.35. The molecule has 1 fully saturated rings. The van der Waals surface area contributed by atoms with E-state index in [2.05, 4.69) is 0 Å². The lowest BCUT2D eigenvalue weighted by molar-refractivity contribution is -0.300. The largest absolute Gasteiger partial charge is 0.417 e. The van der Waals surface area contributed by atoms with Crippen LogP contribution in [0.1, 0.15) is 12.8 Å². The Morgan fingerprint density at radius 2 is 1.82 bits per heavy atom. The summed E-state index contributed by atoms with van der Waals surface area (Å²) < 4.78 is 35.6. The van der Waals surface area contributed by atoms with Gasteiger partial charge in [-0.3, -0.25) is 0 Å². The smallest absolute Gasteiger partial charge is 0.396 e. The zero-order valence-corrected chi connectivity index (χ0v) is 5.73. The number of aliphatic hydroxyl groups is 2. The molecule has 0 aromatic carbocycles. The molecule has 0 spiro atoms. The lowest BCUT2D eigenvalue weighted by Crippen LogP contribution is -2.55. The molecular weight excluding hydrogens is 161 g/mol. The Balaban J connectivity index is 2.49. The second kappa shape index (κ2) is 2.35. The summed E-state index contributed by atoms with van der Waals surface area (Å²) in [6, 6.07) is 0. The predicted molar refractivity (Wildman–Crippen MR) is 30.8 cm³/mol. The molecule has 0 unspecified atom stereocenters. The molecule has 0 aromatic heterocycles. The summed E-state index contributed by atoms with van der Waals surface area (Å²) in [6.07, 6.45) is -5.28. The zero-order chi connectivity index (χ0) is 8.70. The average molecular weight is 170 g/mol. The van der Waals surface area contributed by atoms with E-state index in [1.54, 1.807) is 0 Å². The highest BCUT2D eigenvalue weighted by Gasteiger charge is 2.60. The predicted octanol–water partition coefficient (Wildman–Crippen LogP) is 0.682. The number of alkyl halides is 3. The summed E-state index contributed by atoms with van der Waals surface area (Å²) in [7, 11) is 0. The summed E-state index contributed by atoms with van der Waals surface area (Å²) >= 11 is 0. The van der Waals surface area contributed by atoms with Crippen molar-refractivity contribution >= 4 is 0 Å². The standard InChI is InChI=1S/C6H9F3O2/c7-6(8,9)5(11)1-4(2-5)3-10/h4,10-11H,1-3H2. The highest BCUT2D eigenvalue weighted by molar-refractivity contribution is 4.99. The molecule has 0 atom stereocenters. The molecule has 0 bridgehead atoms. The van der Waals surface area contributed by atoms with Crippen LogP contribution in [0.5, 0.6) is 0 Å². The van der Waals surface area contributed by atoms with Crippen LogP contribution in [0.3, 0.4) is 0 Å². The Hall–Kier alpha value is -0.290. The first-order valence-electron chi connectivity index (χ1n) is 3.29. The first kappa shape index (κ1) is 8.80. The first-order valence-corrected chi connectivity index (χ1v) is 3.29. The van der Waals surface area contributed by atoms with Gasteiger partial charge in [-0.1, -0.05) is 0 Å². The summed E-state index contributed by atoms with van der Waals surface area (Å²) in [5.74, 6) is -0.387. The van der Waals surface area contributed by atoms with Crippen LogP contribution in [0.15, 0.2) is 0 Å². The van der Waals surface area contributed by atoms with Crippen LogP contribution in [0.2, 0.25) is 0 Å². The molecule has 1 aliphatic carbocycles. The van der Waals surface area contributed by atoms with Crippen molar-refractivity contribution in [1.29, 1.82) is 0 Å². The van der Waals surface area contributed by atoms with Crippen LogP contribution in [-0.4, -0.2) is 28.6 Å². The monoisotopic (exact) mass is 170 g/mol. The summed E-state index contributed by atoms with van der Waals surface area (Å²) in [5.41, 5.74) is -2.53. The van der Waals surface area contributed by atoms with Gasteiger partial charge in [0.05, 0.1) is 0 Å². The maximum absolute atomic E-state index is 11.9. The minimum Gasteiger partial charge on any atom is -0.396 e.